The molecule has 19 heavy (non-hydrogen) atoms. The molecule has 0 aliphatic carbocycles. The minimum Gasteiger partial charge on any atom is -0.297 e. The normalized spacial score (nSPS) is 10.8. The Bertz CT molecular complexity index is 604. The Balaban J connectivity index is 1.97. The zero-order chi connectivity index (χ0) is 13.7. The lowest BCUT2D eigenvalue weighted by molar-refractivity contribution is -0.111. The quantitative estimate of drug-likeness (QED) is 0.871. The molecule has 4 nitrogen and oxygen atoms in total. The van der Waals surface area contributed by atoms with Crippen LogP contribution in [-0.4, -0.2) is 16.1 Å². The van der Waals surface area contributed by atoms with Crippen LogP contribution in [-0.2, 0) is 11.2 Å². The summed E-state index contributed by atoms with van der Waals surface area (Å²) in [6.07, 6.45) is 4.11. The Morgan fingerprint density at radius 1 is 1.42 bits per heavy atom. The van der Waals surface area contributed by atoms with Crippen LogP contribution in [0.5, 0.6) is 0 Å². The van der Waals surface area contributed by atoms with Crippen molar-refractivity contribution < 1.29 is 4.79 Å². The Hall–Kier alpha value is -2.01. The molecule has 0 aliphatic heterocycles. The molecular weight excluding hydrogens is 258 g/mol. The number of hydrogen-bond acceptors (Lipinski definition) is 4. The van der Waals surface area contributed by atoms with Crippen molar-refractivity contribution in [1.82, 2.24) is 10.2 Å². The fraction of sp³-hybridized carbons (Fsp3) is 0.214. The molecule has 0 atom stereocenters. The molecule has 2 rings (SSSR count). The van der Waals surface area contributed by atoms with Crippen molar-refractivity contribution in [2.75, 3.05) is 5.32 Å². The Morgan fingerprint density at radius 3 is 2.95 bits per heavy atom. The van der Waals surface area contributed by atoms with Gasteiger partial charge in [-0.2, -0.15) is 0 Å². The second-order valence-corrected chi connectivity index (χ2v) is 5.15. The third kappa shape index (κ3) is 3.99. The molecular formula is C14H15N3OS. The van der Waals surface area contributed by atoms with Crippen LogP contribution in [0.1, 0.15) is 23.1 Å². The van der Waals surface area contributed by atoms with Crippen LogP contribution in [0.3, 0.4) is 0 Å². The highest BCUT2D eigenvalue weighted by Gasteiger charge is 2.04. The number of hydrogen-bond donors (Lipinski definition) is 1. The highest BCUT2D eigenvalue weighted by Crippen LogP contribution is 2.15. The molecule has 2 aromatic rings. The van der Waals surface area contributed by atoms with Gasteiger partial charge in [-0.25, -0.2) is 0 Å². The van der Waals surface area contributed by atoms with E-state index in [1.54, 1.807) is 6.08 Å². The van der Waals surface area contributed by atoms with Gasteiger partial charge in [0.2, 0.25) is 11.0 Å². The van der Waals surface area contributed by atoms with E-state index in [1.165, 1.54) is 23.0 Å². The predicted molar refractivity (Wildman–Crippen MR) is 78.1 cm³/mol. The zero-order valence-electron chi connectivity index (χ0n) is 10.9. The zero-order valence-corrected chi connectivity index (χ0v) is 11.7. The van der Waals surface area contributed by atoms with Gasteiger partial charge in [0.1, 0.15) is 5.01 Å². The van der Waals surface area contributed by atoms with E-state index in [2.05, 4.69) is 15.5 Å². The number of nitrogens with one attached hydrogen (secondary N) is 1. The van der Waals surface area contributed by atoms with Gasteiger partial charge in [-0.15, -0.1) is 10.2 Å². The summed E-state index contributed by atoms with van der Waals surface area (Å²) in [6, 6.07) is 7.96. The van der Waals surface area contributed by atoms with Crippen molar-refractivity contribution in [3.63, 3.8) is 0 Å². The van der Waals surface area contributed by atoms with Gasteiger partial charge in [-0.1, -0.05) is 48.1 Å². The summed E-state index contributed by atoms with van der Waals surface area (Å²) in [5.74, 6) is -0.194. The Kier molecular flexibility index (Phi) is 4.41. The first-order chi connectivity index (χ1) is 9.17. The molecule has 1 aromatic carbocycles. The van der Waals surface area contributed by atoms with E-state index >= 15 is 0 Å². The number of rotatable bonds is 4. The summed E-state index contributed by atoms with van der Waals surface area (Å²) in [5, 5.41) is 12.0. The van der Waals surface area contributed by atoms with E-state index < -0.39 is 0 Å². The lowest BCUT2D eigenvalue weighted by Crippen LogP contribution is -2.07. The molecule has 0 saturated carbocycles. The van der Waals surface area contributed by atoms with Crippen LogP contribution in [0.2, 0.25) is 0 Å². The molecule has 1 heterocycles. The van der Waals surface area contributed by atoms with E-state index in [0.29, 0.717) is 5.13 Å². The first-order valence-electron chi connectivity index (χ1n) is 6.05. The maximum absolute atomic E-state index is 11.7. The van der Waals surface area contributed by atoms with Gasteiger partial charge in [-0.05, 0) is 25.0 Å². The van der Waals surface area contributed by atoms with E-state index in [-0.39, 0.29) is 5.91 Å². The van der Waals surface area contributed by atoms with E-state index in [4.69, 9.17) is 0 Å². The maximum atomic E-state index is 11.7. The standard InChI is InChI=1S/C14H15N3OS/c1-3-13-16-17-14(19-13)15-12(18)8-7-11-6-4-5-10(2)9-11/h4-9H,3H2,1-2H3,(H,15,17,18)/b8-7+. The van der Waals surface area contributed by atoms with Crippen LogP contribution in [0.25, 0.3) is 6.08 Å². The molecule has 1 N–H and O–H groups in total. The van der Waals surface area contributed by atoms with Crippen LogP contribution >= 0.6 is 11.3 Å². The molecule has 98 valence electrons. The highest BCUT2D eigenvalue weighted by atomic mass is 32.1. The summed E-state index contributed by atoms with van der Waals surface area (Å²) < 4.78 is 0. The maximum Gasteiger partial charge on any atom is 0.250 e. The topological polar surface area (TPSA) is 54.9 Å². The van der Waals surface area contributed by atoms with Crippen molar-refractivity contribution in [2.24, 2.45) is 0 Å². The number of carbonyl (C=O) groups is 1. The van der Waals surface area contributed by atoms with Crippen molar-refractivity contribution in [1.29, 1.82) is 0 Å². The summed E-state index contributed by atoms with van der Waals surface area (Å²) >= 11 is 1.40. The number of amides is 1. The van der Waals surface area contributed by atoms with Gasteiger partial charge in [0.05, 0.1) is 0 Å². The lowest BCUT2D eigenvalue weighted by Gasteiger charge is -1.96. The smallest absolute Gasteiger partial charge is 0.250 e. The molecule has 1 aromatic heterocycles. The molecule has 5 heteroatoms. The molecule has 0 spiro atoms. The second kappa shape index (κ2) is 6.24. The summed E-state index contributed by atoms with van der Waals surface area (Å²) in [7, 11) is 0. The Morgan fingerprint density at radius 2 is 2.26 bits per heavy atom. The average molecular weight is 273 g/mol. The van der Waals surface area contributed by atoms with Gasteiger partial charge in [0.15, 0.2) is 0 Å². The predicted octanol–water partition coefficient (Wildman–Crippen LogP) is 3.06. The first-order valence-corrected chi connectivity index (χ1v) is 6.87. The molecule has 0 fully saturated rings. The summed E-state index contributed by atoms with van der Waals surface area (Å²) in [6.45, 7) is 4.02. The minimum atomic E-state index is -0.194. The number of carbonyl (C=O) groups excluding carboxylic acids is 1. The monoisotopic (exact) mass is 273 g/mol. The van der Waals surface area contributed by atoms with Crippen molar-refractivity contribution in [3.8, 4) is 0 Å². The highest BCUT2D eigenvalue weighted by molar-refractivity contribution is 7.15. The summed E-state index contributed by atoms with van der Waals surface area (Å²) in [4.78, 5) is 11.7. The number of aromatic nitrogens is 2. The summed E-state index contributed by atoms with van der Waals surface area (Å²) in [5.41, 5.74) is 2.17. The number of nitrogens with zero attached hydrogens (tertiary/aromatic N) is 2. The van der Waals surface area contributed by atoms with Gasteiger partial charge < -0.3 is 0 Å². The molecule has 1 amide bonds. The third-order valence-electron chi connectivity index (χ3n) is 2.47. The molecule has 0 saturated heterocycles. The minimum absolute atomic E-state index is 0.194. The fourth-order valence-corrected chi connectivity index (χ4v) is 2.22. The average Bonchev–Trinajstić information content (AvgIpc) is 2.84. The largest absolute Gasteiger partial charge is 0.297 e. The fourth-order valence-electron chi connectivity index (χ4n) is 1.54. The van der Waals surface area contributed by atoms with Crippen LogP contribution in [0.15, 0.2) is 30.3 Å². The Labute approximate surface area is 116 Å². The molecule has 0 unspecified atom stereocenters. The number of aryl methyl sites for hydroxylation is 2. The van der Waals surface area contributed by atoms with Crippen molar-refractivity contribution in [2.45, 2.75) is 20.3 Å². The van der Waals surface area contributed by atoms with Gasteiger partial charge in [0.25, 0.3) is 0 Å². The van der Waals surface area contributed by atoms with E-state index in [9.17, 15) is 4.79 Å². The van der Waals surface area contributed by atoms with E-state index in [1.807, 2.05) is 38.1 Å². The second-order valence-electron chi connectivity index (χ2n) is 4.09. The molecule has 0 bridgehead atoms. The first kappa shape index (κ1) is 13.4. The van der Waals surface area contributed by atoms with Crippen LogP contribution < -0.4 is 5.32 Å². The number of benzene rings is 1. The number of anilines is 1. The van der Waals surface area contributed by atoms with Gasteiger partial charge >= 0.3 is 0 Å². The van der Waals surface area contributed by atoms with Crippen molar-refractivity contribution in [3.05, 3.63) is 46.5 Å². The molecule has 0 radical (unpaired) electrons. The van der Waals surface area contributed by atoms with Gasteiger partial charge in [0, 0.05) is 6.08 Å². The van der Waals surface area contributed by atoms with Crippen LogP contribution in [0.4, 0.5) is 5.13 Å². The lowest BCUT2D eigenvalue weighted by atomic mass is 10.1. The van der Waals surface area contributed by atoms with Gasteiger partial charge in [-0.3, -0.25) is 10.1 Å². The SMILES string of the molecule is CCc1nnc(NC(=O)/C=C/c2cccc(C)c2)s1. The van der Waals surface area contributed by atoms with Crippen molar-refractivity contribution >= 4 is 28.5 Å². The third-order valence-corrected chi connectivity index (χ3v) is 3.45. The van der Waals surface area contributed by atoms with E-state index in [0.717, 1.165) is 17.0 Å². The molecule has 0 aliphatic rings. The van der Waals surface area contributed by atoms with Crippen LogP contribution in [0, 0.1) is 6.92 Å².